The lowest BCUT2D eigenvalue weighted by molar-refractivity contribution is -0.141. The third-order valence-corrected chi connectivity index (χ3v) is 3.66. The van der Waals surface area contributed by atoms with Crippen molar-refractivity contribution in [3.05, 3.63) is 23.8 Å². The Morgan fingerprint density at radius 1 is 1.32 bits per heavy atom. The molecule has 0 saturated heterocycles. The van der Waals surface area contributed by atoms with E-state index in [-0.39, 0.29) is 0 Å². The van der Waals surface area contributed by atoms with Crippen LogP contribution in [0, 0.1) is 0 Å². The minimum Gasteiger partial charge on any atom is -0.497 e. The zero-order valence-corrected chi connectivity index (χ0v) is 12.2. The normalized spacial score (nSPS) is 11.8. The van der Waals surface area contributed by atoms with E-state index in [9.17, 15) is 4.79 Å². The number of benzene rings is 1. The monoisotopic (exact) mass is 285 g/mol. The van der Waals surface area contributed by atoms with Gasteiger partial charge in [-0.3, -0.25) is 4.79 Å². The van der Waals surface area contributed by atoms with Gasteiger partial charge in [0, 0.05) is 17.1 Å². The minimum absolute atomic E-state index is 0.398. The lowest BCUT2D eigenvalue weighted by Gasteiger charge is -2.12. The summed E-state index contributed by atoms with van der Waals surface area (Å²) in [4.78, 5) is 11.2. The molecule has 5 nitrogen and oxygen atoms in total. The van der Waals surface area contributed by atoms with E-state index in [1.807, 2.05) is 18.2 Å². The summed E-state index contributed by atoms with van der Waals surface area (Å²) in [6.45, 7) is 0. The summed E-state index contributed by atoms with van der Waals surface area (Å²) in [5.41, 5.74) is 6.67. The summed E-state index contributed by atoms with van der Waals surface area (Å²) in [6, 6.07) is 5.00. The Morgan fingerprint density at radius 2 is 2.05 bits per heavy atom. The van der Waals surface area contributed by atoms with Crippen LogP contribution in [0.15, 0.2) is 18.2 Å². The molecule has 19 heavy (non-hydrogen) atoms. The van der Waals surface area contributed by atoms with Crippen molar-refractivity contribution in [3.63, 3.8) is 0 Å². The van der Waals surface area contributed by atoms with Crippen LogP contribution in [0.25, 0.3) is 0 Å². The first-order valence-corrected chi connectivity index (χ1v) is 6.90. The Morgan fingerprint density at radius 3 is 2.63 bits per heavy atom. The van der Waals surface area contributed by atoms with Crippen molar-refractivity contribution in [3.8, 4) is 11.5 Å². The summed E-state index contributed by atoms with van der Waals surface area (Å²) in [6.07, 6.45) is 0. The van der Waals surface area contributed by atoms with Crippen LogP contribution in [0.4, 0.5) is 0 Å². The number of thioether (sulfide) groups is 1. The Balaban J connectivity index is 2.59. The van der Waals surface area contributed by atoms with E-state index < -0.39 is 12.0 Å². The Kier molecular flexibility index (Phi) is 6.52. The predicted molar refractivity (Wildman–Crippen MR) is 75.7 cm³/mol. The van der Waals surface area contributed by atoms with Gasteiger partial charge in [0.15, 0.2) is 0 Å². The highest BCUT2D eigenvalue weighted by Gasteiger charge is 2.14. The summed E-state index contributed by atoms with van der Waals surface area (Å²) in [5, 5.41) is 0. The minimum atomic E-state index is -0.605. The maximum absolute atomic E-state index is 11.2. The molecule has 0 heterocycles. The SMILES string of the molecule is COC(=O)C(N)CSCc1cc(OC)ccc1OC. The first kappa shape index (κ1) is 15.7. The van der Waals surface area contributed by atoms with E-state index >= 15 is 0 Å². The molecule has 0 aliphatic carbocycles. The number of carbonyl (C=O) groups is 1. The third kappa shape index (κ3) is 4.65. The molecule has 1 atom stereocenters. The second-order valence-electron chi connectivity index (χ2n) is 3.82. The van der Waals surface area contributed by atoms with E-state index in [0.717, 1.165) is 17.1 Å². The van der Waals surface area contributed by atoms with Gasteiger partial charge < -0.3 is 19.9 Å². The number of methoxy groups -OCH3 is 3. The number of rotatable bonds is 7. The van der Waals surface area contributed by atoms with Crippen LogP contribution >= 0.6 is 11.8 Å². The number of esters is 1. The molecule has 0 spiro atoms. The Bertz CT molecular complexity index is 425. The fourth-order valence-corrected chi connectivity index (χ4v) is 2.46. The molecule has 106 valence electrons. The molecule has 0 aliphatic heterocycles. The molecule has 0 saturated carbocycles. The van der Waals surface area contributed by atoms with Crippen molar-refractivity contribution >= 4 is 17.7 Å². The van der Waals surface area contributed by atoms with Crippen molar-refractivity contribution in [2.75, 3.05) is 27.1 Å². The lowest BCUT2D eigenvalue weighted by Crippen LogP contribution is -2.33. The molecule has 0 fully saturated rings. The first-order valence-electron chi connectivity index (χ1n) is 5.74. The second-order valence-corrected chi connectivity index (χ2v) is 4.85. The van der Waals surface area contributed by atoms with Gasteiger partial charge in [-0.1, -0.05) is 0 Å². The lowest BCUT2D eigenvalue weighted by atomic mass is 10.2. The maximum atomic E-state index is 11.2. The number of nitrogens with two attached hydrogens (primary N) is 1. The molecule has 1 aromatic rings. The summed E-state index contributed by atoms with van der Waals surface area (Å²) < 4.78 is 15.0. The van der Waals surface area contributed by atoms with Crippen LogP contribution < -0.4 is 15.2 Å². The van der Waals surface area contributed by atoms with E-state index in [1.54, 1.807) is 26.0 Å². The van der Waals surface area contributed by atoms with Gasteiger partial charge in [-0.2, -0.15) is 11.8 Å². The van der Waals surface area contributed by atoms with Crippen LogP contribution in [-0.4, -0.2) is 39.1 Å². The molecule has 2 N–H and O–H groups in total. The average molecular weight is 285 g/mol. The molecular weight excluding hydrogens is 266 g/mol. The van der Waals surface area contributed by atoms with Gasteiger partial charge in [0.25, 0.3) is 0 Å². The number of hydrogen-bond acceptors (Lipinski definition) is 6. The van der Waals surface area contributed by atoms with Gasteiger partial charge in [-0.05, 0) is 18.2 Å². The fraction of sp³-hybridized carbons (Fsp3) is 0.462. The number of ether oxygens (including phenoxy) is 3. The molecular formula is C13H19NO4S. The summed E-state index contributed by atoms with van der Waals surface area (Å²) >= 11 is 1.55. The van der Waals surface area contributed by atoms with Crippen molar-refractivity contribution in [1.29, 1.82) is 0 Å². The molecule has 0 aliphatic rings. The highest BCUT2D eigenvalue weighted by molar-refractivity contribution is 7.98. The van der Waals surface area contributed by atoms with Gasteiger partial charge >= 0.3 is 5.97 Å². The van der Waals surface area contributed by atoms with Crippen molar-refractivity contribution < 1.29 is 19.0 Å². The Labute approximate surface area is 117 Å². The molecule has 0 aromatic heterocycles. The second kappa shape index (κ2) is 7.91. The topological polar surface area (TPSA) is 70.8 Å². The summed E-state index contributed by atoms with van der Waals surface area (Å²) in [5.74, 6) is 2.34. The van der Waals surface area contributed by atoms with Crippen LogP contribution in [0.1, 0.15) is 5.56 Å². The molecule has 0 amide bonds. The zero-order valence-electron chi connectivity index (χ0n) is 11.3. The highest BCUT2D eigenvalue weighted by atomic mass is 32.2. The third-order valence-electron chi connectivity index (χ3n) is 2.55. The van der Waals surface area contributed by atoms with Crippen molar-refractivity contribution in [2.45, 2.75) is 11.8 Å². The molecule has 1 aromatic carbocycles. The molecule has 0 radical (unpaired) electrons. The largest absolute Gasteiger partial charge is 0.497 e. The maximum Gasteiger partial charge on any atom is 0.323 e. The van der Waals surface area contributed by atoms with Crippen LogP contribution in [0.5, 0.6) is 11.5 Å². The van der Waals surface area contributed by atoms with E-state index in [0.29, 0.717) is 11.5 Å². The van der Waals surface area contributed by atoms with Crippen LogP contribution in [-0.2, 0) is 15.3 Å². The number of hydrogen-bond donors (Lipinski definition) is 1. The molecule has 0 bridgehead atoms. The van der Waals surface area contributed by atoms with E-state index in [1.165, 1.54) is 7.11 Å². The first-order chi connectivity index (χ1) is 9.12. The van der Waals surface area contributed by atoms with Gasteiger partial charge in [0.05, 0.1) is 21.3 Å². The van der Waals surface area contributed by atoms with Crippen molar-refractivity contribution in [2.24, 2.45) is 5.73 Å². The number of carbonyl (C=O) groups excluding carboxylic acids is 1. The smallest absolute Gasteiger partial charge is 0.323 e. The van der Waals surface area contributed by atoms with Gasteiger partial charge in [-0.15, -0.1) is 0 Å². The average Bonchev–Trinajstić information content (AvgIpc) is 2.45. The standard InChI is InChI=1S/C13H19NO4S/c1-16-10-4-5-12(17-2)9(6-10)7-19-8-11(14)13(15)18-3/h4-6,11H,7-8,14H2,1-3H3. The van der Waals surface area contributed by atoms with Gasteiger partial charge in [0.1, 0.15) is 17.5 Å². The Hall–Kier alpha value is -1.40. The van der Waals surface area contributed by atoms with Crippen LogP contribution in [0.3, 0.4) is 0 Å². The van der Waals surface area contributed by atoms with Gasteiger partial charge in [-0.25, -0.2) is 0 Å². The molecule has 1 unspecified atom stereocenters. The fourth-order valence-electron chi connectivity index (χ4n) is 1.51. The van der Waals surface area contributed by atoms with E-state index in [2.05, 4.69) is 4.74 Å². The van der Waals surface area contributed by atoms with Crippen LogP contribution in [0.2, 0.25) is 0 Å². The zero-order chi connectivity index (χ0) is 14.3. The van der Waals surface area contributed by atoms with Crippen molar-refractivity contribution in [1.82, 2.24) is 0 Å². The molecule has 6 heteroatoms. The molecule has 1 rings (SSSR count). The van der Waals surface area contributed by atoms with E-state index in [4.69, 9.17) is 15.2 Å². The quantitative estimate of drug-likeness (QED) is 0.764. The summed E-state index contributed by atoms with van der Waals surface area (Å²) in [7, 11) is 4.57. The van der Waals surface area contributed by atoms with Gasteiger partial charge in [0.2, 0.25) is 0 Å². The predicted octanol–water partition coefficient (Wildman–Crippen LogP) is 1.44. The highest BCUT2D eigenvalue weighted by Crippen LogP contribution is 2.27.